The van der Waals surface area contributed by atoms with Crippen molar-refractivity contribution in [2.75, 3.05) is 11.5 Å². The van der Waals surface area contributed by atoms with Gasteiger partial charge in [0.05, 0.1) is 0 Å². The SMILES string of the molecule is C.C.CC(C)N1Cc2ccccc2C1.Cc1ccc(N)cc1.Nc1ccccc1. The molecule has 0 aliphatic carbocycles. The molecule has 4 N–H and O–H groups in total. The van der Waals surface area contributed by atoms with Gasteiger partial charge in [0.1, 0.15) is 0 Å². The molecule has 1 aliphatic rings. The summed E-state index contributed by atoms with van der Waals surface area (Å²) in [6, 6.07) is 26.7. The summed E-state index contributed by atoms with van der Waals surface area (Å²) in [5.74, 6) is 0. The summed E-state index contributed by atoms with van der Waals surface area (Å²) in [6.07, 6.45) is 0. The van der Waals surface area contributed by atoms with Crippen LogP contribution < -0.4 is 11.5 Å². The Morgan fingerprint density at radius 3 is 1.41 bits per heavy atom. The molecule has 0 saturated heterocycles. The number of hydrogen-bond acceptors (Lipinski definition) is 3. The molecule has 1 heterocycles. The Hall–Kier alpha value is -2.78. The topological polar surface area (TPSA) is 55.3 Å². The first-order valence-electron chi connectivity index (χ1n) is 9.39. The molecular weight excluding hydrogens is 354 g/mol. The van der Waals surface area contributed by atoms with Crippen LogP contribution in [0.5, 0.6) is 0 Å². The first-order valence-corrected chi connectivity index (χ1v) is 9.39. The van der Waals surface area contributed by atoms with Crippen LogP contribution in [-0.2, 0) is 13.1 Å². The summed E-state index contributed by atoms with van der Waals surface area (Å²) in [4.78, 5) is 2.49. The lowest BCUT2D eigenvalue weighted by Crippen LogP contribution is -2.24. The minimum Gasteiger partial charge on any atom is -0.399 e. The van der Waals surface area contributed by atoms with E-state index in [1.807, 2.05) is 61.5 Å². The number of rotatable bonds is 1. The van der Waals surface area contributed by atoms with Crippen molar-refractivity contribution in [2.24, 2.45) is 0 Å². The Morgan fingerprint density at radius 2 is 1.07 bits per heavy atom. The second kappa shape index (κ2) is 13.4. The Morgan fingerprint density at radius 1 is 0.655 bits per heavy atom. The van der Waals surface area contributed by atoms with E-state index in [2.05, 4.69) is 43.0 Å². The van der Waals surface area contributed by atoms with Gasteiger partial charge < -0.3 is 11.5 Å². The molecule has 3 heteroatoms. The van der Waals surface area contributed by atoms with Crippen LogP contribution >= 0.6 is 0 Å². The molecule has 0 amide bonds. The molecule has 0 bridgehead atoms. The molecule has 0 saturated carbocycles. The normalized spacial score (nSPS) is 11.6. The lowest BCUT2D eigenvalue weighted by molar-refractivity contribution is 0.227. The van der Waals surface area contributed by atoms with Crippen molar-refractivity contribution in [1.82, 2.24) is 4.90 Å². The van der Waals surface area contributed by atoms with Gasteiger partial charge in [0.2, 0.25) is 0 Å². The van der Waals surface area contributed by atoms with E-state index in [0.717, 1.165) is 24.5 Å². The van der Waals surface area contributed by atoms with Crippen LogP contribution in [0.15, 0.2) is 78.9 Å². The Bertz CT molecular complexity index is 750. The van der Waals surface area contributed by atoms with E-state index in [9.17, 15) is 0 Å². The standard InChI is InChI=1S/C11H15N.C7H9N.C6H7N.2CH4/c1-9(2)12-7-10-5-3-4-6-11(10)8-12;1-6-2-4-7(8)5-3-6;7-6-4-2-1-3-5-6;;/h3-6,9H,7-8H2,1-2H3;2-5H,8H2,1H3;1-5H,7H2;2*1H4. The number of benzene rings is 3. The monoisotopic (exact) mass is 393 g/mol. The fourth-order valence-corrected chi connectivity index (χ4v) is 2.74. The lowest BCUT2D eigenvalue weighted by atomic mass is 10.1. The molecule has 1 aliphatic heterocycles. The first-order chi connectivity index (χ1) is 13.0. The Kier molecular flexibility index (Phi) is 12.1. The van der Waals surface area contributed by atoms with Crippen molar-refractivity contribution in [3.05, 3.63) is 95.6 Å². The third-order valence-corrected chi connectivity index (χ3v) is 4.47. The number of fused-ring (bicyclic) bond motifs is 1. The molecule has 0 atom stereocenters. The largest absolute Gasteiger partial charge is 0.399 e. The quantitative estimate of drug-likeness (QED) is 0.462. The lowest BCUT2D eigenvalue weighted by Gasteiger charge is -2.18. The number of nitrogen functional groups attached to an aromatic ring is 2. The maximum atomic E-state index is 5.43. The first kappa shape index (κ1) is 26.2. The second-order valence-electron chi connectivity index (χ2n) is 7.09. The molecule has 0 radical (unpaired) electrons. The zero-order chi connectivity index (χ0) is 19.6. The zero-order valence-electron chi connectivity index (χ0n) is 16.6. The molecule has 0 unspecified atom stereocenters. The van der Waals surface area contributed by atoms with Crippen LogP contribution in [0.3, 0.4) is 0 Å². The fraction of sp³-hybridized carbons (Fsp3) is 0.308. The van der Waals surface area contributed by atoms with E-state index in [1.165, 1.54) is 16.7 Å². The summed E-state index contributed by atoms with van der Waals surface area (Å²) in [5, 5.41) is 0. The zero-order valence-corrected chi connectivity index (χ0v) is 16.6. The fourth-order valence-electron chi connectivity index (χ4n) is 2.74. The van der Waals surface area contributed by atoms with E-state index >= 15 is 0 Å². The maximum absolute atomic E-state index is 5.43. The van der Waals surface area contributed by atoms with Crippen LogP contribution in [0.25, 0.3) is 0 Å². The second-order valence-corrected chi connectivity index (χ2v) is 7.09. The molecule has 0 aromatic heterocycles. The third kappa shape index (κ3) is 9.31. The van der Waals surface area contributed by atoms with E-state index in [4.69, 9.17) is 11.5 Å². The molecule has 0 fully saturated rings. The average Bonchev–Trinajstić information content (AvgIpc) is 3.11. The highest BCUT2D eigenvalue weighted by molar-refractivity contribution is 5.38. The van der Waals surface area contributed by atoms with Gasteiger partial charge in [-0.3, -0.25) is 4.90 Å². The van der Waals surface area contributed by atoms with Gasteiger partial charge in [-0.05, 0) is 56.2 Å². The number of para-hydroxylation sites is 1. The van der Waals surface area contributed by atoms with Crippen LogP contribution in [-0.4, -0.2) is 10.9 Å². The molecule has 4 rings (SSSR count). The summed E-state index contributed by atoms with van der Waals surface area (Å²) in [7, 11) is 0. The van der Waals surface area contributed by atoms with Gasteiger partial charge >= 0.3 is 0 Å². The van der Waals surface area contributed by atoms with E-state index in [1.54, 1.807) is 0 Å². The highest BCUT2D eigenvalue weighted by Gasteiger charge is 2.19. The van der Waals surface area contributed by atoms with Crippen LogP contribution in [0.1, 0.15) is 45.4 Å². The van der Waals surface area contributed by atoms with Crippen molar-refractivity contribution in [2.45, 2.75) is 54.8 Å². The van der Waals surface area contributed by atoms with Crippen LogP contribution in [0.2, 0.25) is 0 Å². The molecule has 158 valence electrons. The van der Waals surface area contributed by atoms with Crippen molar-refractivity contribution in [3.63, 3.8) is 0 Å². The molecule has 3 aromatic carbocycles. The highest BCUT2D eigenvalue weighted by atomic mass is 15.2. The van der Waals surface area contributed by atoms with Gasteiger partial charge in [-0.25, -0.2) is 0 Å². The predicted molar refractivity (Wildman–Crippen MR) is 131 cm³/mol. The number of aryl methyl sites for hydroxylation is 1. The summed E-state index contributed by atoms with van der Waals surface area (Å²) < 4.78 is 0. The van der Waals surface area contributed by atoms with E-state index in [-0.39, 0.29) is 14.9 Å². The minimum absolute atomic E-state index is 0. The third-order valence-electron chi connectivity index (χ3n) is 4.47. The summed E-state index contributed by atoms with van der Waals surface area (Å²) >= 11 is 0. The minimum atomic E-state index is 0. The van der Waals surface area contributed by atoms with E-state index in [0.29, 0.717) is 6.04 Å². The van der Waals surface area contributed by atoms with Gasteiger partial charge in [-0.1, -0.05) is 75.0 Å². The molecule has 29 heavy (non-hydrogen) atoms. The predicted octanol–water partition coefficient (Wildman–Crippen LogP) is 6.53. The van der Waals surface area contributed by atoms with Crippen molar-refractivity contribution >= 4 is 11.4 Å². The highest BCUT2D eigenvalue weighted by Crippen LogP contribution is 2.23. The van der Waals surface area contributed by atoms with Crippen molar-refractivity contribution < 1.29 is 0 Å². The molecule has 3 aromatic rings. The number of hydrogen-bond donors (Lipinski definition) is 2. The number of nitrogens with two attached hydrogens (primary N) is 2. The average molecular weight is 394 g/mol. The number of nitrogens with zero attached hydrogens (tertiary/aromatic N) is 1. The van der Waals surface area contributed by atoms with Gasteiger partial charge in [-0.15, -0.1) is 0 Å². The Labute approximate surface area is 178 Å². The van der Waals surface area contributed by atoms with Crippen LogP contribution in [0, 0.1) is 6.92 Å². The van der Waals surface area contributed by atoms with Crippen molar-refractivity contribution in [3.8, 4) is 0 Å². The van der Waals surface area contributed by atoms with Crippen LogP contribution in [0.4, 0.5) is 11.4 Å². The Balaban J connectivity index is 0.000000410. The maximum Gasteiger partial charge on any atom is 0.0314 e. The van der Waals surface area contributed by atoms with Gasteiger partial charge in [0.25, 0.3) is 0 Å². The van der Waals surface area contributed by atoms with Crippen molar-refractivity contribution in [1.29, 1.82) is 0 Å². The van der Waals surface area contributed by atoms with E-state index < -0.39 is 0 Å². The molecule has 3 nitrogen and oxygen atoms in total. The summed E-state index contributed by atoms with van der Waals surface area (Å²) in [6.45, 7) is 8.82. The number of anilines is 2. The smallest absolute Gasteiger partial charge is 0.0314 e. The summed E-state index contributed by atoms with van der Waals surface area (Å²) in [5.41, 5.74) is 16.7. The van der Waals surface area contributed by atoms with Gasteiger partial charge in [-0.2, -0.15) is 0 Å². The van der Waals surface area contributed by atoms with Gasteiger partial charge in [0, 0.05) is 30.5 Å². The molecular formula is C26H39N3. The van der Waals surface area contributed by atoms with Gasteiger partial charge in [0.15, 0.2) is 0 Å². The molecule has 0 spiro atoms.